The van der Waals surface area contributed by atoms with Gasteiger partial charge in [-0.3, -0.25) is 4.79 Å². The Balaban J connectivity index is 1.74. The van der Waals surface area contributed by atoms with E-state index in [2.05, 4.69) is 0 Å². The molecule has 3 rings (SSSR count). The van der Waals surface area contributed by atoms with Crippen LogP contribution in [0.15, 0.2) is 47.4 Å². The van der Waals surface area contributed by atoms with Gasteiger partial charge in [0.15, 0.2) is 11.9 Å². The minimum atomic E-state index is -0.553. The number of thioether (sulfide) groups is 1. The molecule has 2 aromatic carbocycles. The molecule has 1 atom stereocenters. The summed E-state index contributed by atoms with van der Waals surface area (Å²) in [7, 11) is 0. The number of carbonyl (C=O) groups excluding carboxylic acids is 1. The third kappa shape index (κ3) is 3.22. The van der Waals surface area contributed by atoms with E-state index in [1.807, 2.05) is 24.3 Å². The number of hydrogen-bond donors (Lipinski definition) is 0. The summed E-state index contributed by atoms with van der Waals surface area (Å²) in [6, 6.07) is 11.8. The second-order valence-corrected chi connectivity index (χ2v) is 6.24. The van der Waals surface area contributed by atoms with E-state index in [0.29, 0.717) is 22.1 Å². The van der Waals surface area contributed by atoms with Crippen molar-refractivity contribution in [3.8, 4) is 5.75 Å². The average molecular weight is 323 g/mol. The van der Waals surface area contributed by atoms with Crippen LogP contribution in [0.3, 0.4) is 0 Å². The molecule has 0 bridgehead atoms. The summed E-state index contributed by atoms with van der Waals surface area (Å²) in [5.74, 6) is 0.686. The summed E-state index contributed by atoms with van der Waals surface area (Å²) in [6.45, 7) is 0. The molecule has 0 aliphatic carbocycles. The van der Waals surface area contributed by atoms with Crippen LogP contribution in [0.25, 0.3) is 0 Å². The summed E-state index contributed by atoms with van der Waals surface area (Å²) < 4.78 is 19.4. The molecule has 1 heterocycles. The van der Waals surface area contributed by atoms with E-state index < -0.39 is 11.9 Å². The molecule has 0 saturated carbocycles. The number of benzene rings is 2. The van der Waals surface area contributed by atoms with E-state index in [-0.39, 0.29) is 12.2 Å². The van der Waals surface area contributed by atoms with E-state index in [4.69, 9.17) is 16.3 Å². The smallest absolute Gasteiger partial charge is 0.178 e. The summed E-state index contributed by atoms with van der Waals surface area (Å²) in [5, 5.41) is 0.420. The molecule has 0 aromatic heterocycles. The first kappa shape index (κ1) is 14.4. The standard InChI is InChI=1S/C16H12ClFO2S/c17-11-5-6-12(18)10(7-11)8-13(19)15-9-21-16-4-2-1-3-14(16)20-15/h1-7,15H,8-9H2. The van der Waals surface area contributed by atoms with E-state index in [1.54, 1.807) is 11.8 Å². The topological polar surface area (TPSA) is 26.3 Å². The normalized spacial score (nSPS) is 17.0. The van der Waals surface area contributed by atoms with Gasteiger partial charge in [-0.15, -0.1) is 11.8 Å². The minimum Gasteiger partial charge on any atom is -0.481 e. The zero-order valence-corrected chi connectivity index (χ0v) is 12.6. The van der Waals surface area contributed by atoms with Crippen LogP contribution in [0.4, 0.5) is 4.39 Å². The predicted molar refractivity (Wildman–Crippen MR) is 81.7 cm³/mol. The molecule has 0 fully saturated rings. The molecule has 0 spiro atoms. The first-order valence-corrected chi connectivity index (χ1v) is 7.85. The van der Waals surface area contributed by atoms with Gasteiger partial charge < -0.3 is 4.74 Å². The van der Waals surface area contributed by atoms with Gasteiger partial charge in [0.2, 0.25) is 0 Å². The third-order valence-electron chi connectivity index (χ3n) is 3.24. The van der Waals surface area contributed by atoms with Crippen molar-refractivity contribution in [2.75, 3.05) is 5.75 Å². The van der Waals surface area contributed by atoms with Crippen molar-refractivity contribution in [2.45, 2.75) is 17.4 Å². The van der Waals surface area contributed by atoms with E-state index in [0.717, 1.165) is 4.90 Å². The Labute approximate surface area is 131 Å². The largest absolute Gasteiger partial charge is 0.481 e. The second-order valence-electron chi connectivity index (χ2n) is 4.74. The fraction of sp³-hybridized carbons (Fsp3) is 0.188. The fourth-order valence-electron chi connectivity index (χ4n) is 2.16. The van der Waals surface area contributed by atoms with Gasteiger partial charge in [-0.1, -0.05) is 23.7 Å². The summed E-state index contributed by atoms with van der Waals surface area (Å²) in [5.41, 5.74) is 0.306. The van der Waals surface area contributed by atoms with Crippen molar-refractivity contribution in [2.24, 2.45) is 0 Å². The highest BCUT2D eigenvalue weighted by atomic mass is 35.5. The fourth-order valence-corrected chi connectivity index (χ4v) is 3.37. The first-order valence-electron chi connectivity index (χ1n) is 6.48. The number of para-hydroxylation sites is 1. The lowest BCUT2D eigenvalue weighted by molar-refractivity contribution is -0.124. The van der Waals surface area contributed by atoms with Crippen LogP contribution in [0, 0.1) is 5.82 Å². The SMILES string of the molecule is O=C(Cc1cc(Cl)ccc1F)C1CSc2ccccc2O1. The van der Waals surface area contributed by atoms with Crippen molar-refractivity contribution in [1.82, 2.24) is 0 Å². The van der Waals surface area contributed by atoms with Crippen molar-refractivity contribution in [1.29, 1.82) is 0 Å². The number of rotatable bonds is 3. The first-order chi connectivity index (χ1) is 10.1. The maximum atomic E-state index is 13.7. The lowest BCUT2D eigenvalue weighted by Crippen LogP contribution is -2.33. The van der Waals surface area contributed by atoms with Crippen LogP contribution >= 0.6 is 23.4 Å². The van der Waals surface area contributed by atoms with E-state index >= 15 is 0 Å². The molecule has 21 heavy (non-hydrogen) atoms. The Morgan fingerprint density at radius 1 is 1.33 bits per heavy atom. The molecule has 1 aliphatic rings. The van der Waals surface area contributed by atoms with Crippen LogP contribution in [-0.4, -0.2) is 17.6 Å². The van der Waals surface area contributed by atoms with Gasteiger partial charge in [0, 0.05) is 22.1 Å². The number of Topliss-reactive ketones (excluding diaryl/α,β-unsaturated/α-hetero) is 1. The maximum absolute atomic E-state index is 13.7. The van der Waals surface area contributed by atoms with Crippen molar-refractivity contribution >= 4 is 29.1 Å². The van der Waals surface area contributed by atoms with Gasteiger partial charge in [0.05, 0.1) is 0 Å². The molecule has 0 amide bonds. The zero-order chi connectivity index (χ0) is 14.8. The van der Waals surface area contributed by atoms with Crippen LogP contribution in [0.5, 0.6) is 5.75 Å². The predicted octanol–water partition coefficient (Wildman–Crippen LogP) is 4.14. The minimum absolute atomic E-state index is 0.0141. The Kier molecular flexibility index (Phi) is 4.17. The van der Waals surface area contributed by atoms with E-state index in [1.165, 1.54) is 18.2 Å². The summed E-state index contributed by atoms with van der Waals surface area (Å²) >= 11 is 7.42. The van der Waals surface area contributed by atoms with Crippen LogP contribution in [-0.2, 0) is 11.2 Å². The molecule has 1 unspecified atom stereocenters. The summed E-state index contributed by atoms with van der Waals surface area (Å²) in [4.78, 5) is 13.3. The Morgan fingerprint density at radius 3 is 3.00 bits per heavy atom. The van der Waals surface area contributed by atoms with E-state index in [9.17, 15) is 9.18 Å². The number of hydrogen-bond acceptors (Lipinski definition) is 3. The monoisotopic (exact) mass is 322 g/mol. The number of ether oxygens (including phenoxy) is 1. The molecular formula is C16H12ClFO2S. The lowest BCUT2D eigenvalue weighted by atomic mass is 10.1. The summed E-state index contributed by atoms with van der Waals surface area (Å²) in [6.07, 6.45) is -0.567. The third-order valence-corrected chi connectivity index (χ3v) is 4.59. The van der Waals surface area contributed by atoms with Gasteiger partial charge in [0.25, 0.3) is 0 Å². The molecule has 0 N–H and O–H groups in total. The van der Waals surface area contributed by atoms with Gasteiger partial charge in [-0.2, -0.15) is 0 Å². The zero-order valence-electron chi connectivity index (χ0n) is 11.0. The molecule has 0 radical (unpaired) electrons. The molecular weight excluding hydrogens is 311 g/mol. The quantitative estimate of drug-likeness (QED) is 0.849. The highest BCUT2D eigenvalue weighted by molar-refractivity contribution is 7.99. The van der Waals surface area contributed by atoms with Gasteiger partial charge >= 0.3 is 0 Å². The maximum Gasteiger partial charge on any atom is 0.178 e. The van der Waals surface area contributed by atoms with Gasteiger partial charge in [-0.25, -0.2) is 4.39 Å². The van der Waals surface area contributed by atoms with Crippen LogP contribution < -0.4 is 4.74 Å². The lowest BCUT2D eigenvalue weighted by Gasteiger charge is -2.24. The molecule has 2 nitrogen and oxygen atoms in total. The van der Waals surface area contributed by atoms with Crippen LogP contribution in [0.1, 0.15) is 5.56 Å². The molecule has 2 aromatic rings. The van der Waals surface area contributed by atoms with Crippen molar-refractivity contribution in [3.63, 3.8) is 0 Å². The van der Waals surface area contributed by atoms with Crippen molar-refractivity contribution in [3.05, 3.63) is 58.9 Å². The van der Waals surface area contributed by atoms with Gasteiger partial charge in [-0.05, 0) is 35.9 Å². The number of fused-ring (bicyclic) bond motifs is 1. The second kappa shape index (κ2) is 6.08. The number of carbonyl (C=O) groups is 1. The highest BCUT2D eigenvalue weighted by Crippen LogP contribution is 2.35. The van der Waals surface area contributed by atoms with Crippen LogP contribution in [0.2, 0.25) is 5.02 Å². The average Bonchev–Trinajstić information content (AvgIpc) is 2.50. The van der Waals surface area contributed by atoms with Crippen molar-refractivity contribution < 1.29 is 13.9 Å². The molecule has 5 heteroatoms. The highest BCUT2D eigenvalue weighted by Gasteiger charge is 2.26. The molecule has 0 saturated heterocycles. The Bertz CT molecular complexity index is 690. The Hall–Kier alpha value is -1.52. The van der Waals surface area contributed by atoms with Gasteiger partial charge in [0.1, 0.15) is 11.6 Å². The Morgan fingerprint density at radius 2 is 2.14 bits per heavy atom. The number of ketones is 1. The molecule has 1 aliphatic heterocycles. The number of halogens is 2. The molecule has 108 valence electrons.